The summed E-state index contributed by atoms with van der Waals surface area (Å²) in [7, 11) is 0. The first-order valence-electron chi connectivity index (χ1n) is 5.63. The molecule has 2 rings (SSSR count). The van der Waals surface area contributed by atoms with Gasteiger partial charge in [0.25, 0.3) is 0 Å². The Bertz CT molecular complexity index is 483. The van der Waals surface area contributed by atoms with E-state index in [4.69, 9.17) is 11.5 Å². The van der Waals surface area contributed by atoms with Crippen molar-refractivity contribution in [3.63, 3.8) is 0 Å². The third-order valence-electron chi connectivity index (χ3n) is 3.42. The Balaban J connectivity index is 2.33. The van der Waals surface area contributed by atoms with Crippen LogP contribution in [0.15, 0.2) is 12.1 Å². The van der Waals surface area contributed by atoms with Crippen LogP contribution in [0.5, 0.6) is 0 Å². The van der Waals surface area contributed by atoms with Crippen molar-refractivity contribution < 1.29 is 13.6 Å². The number of primary amides is 1. The largest absolute Gasteiger partial charge is 0.399 e. The van der Waals surface area contributed by atoms with E-state index in [2.05, 4.69) is 0 Å². The van der Waals surface area contributed by atoms with Crippen LogP contribution >= 0.6 is 0 Å². The van der Waals surface area contributed by atoms with Gasteiger partial charge in [0, 0.05) is 18.8 Å². The molecule has 6 heteroatoms. The normalized spacial score (nSPS) is 23.4. The Morgan fingerprint density at radius 3 is 2.39 bits per heavy atom. The molecule has 0 bridgehead atoms. The molecule has 1 atom stereocenters. The van der Waals surface area contributed by atoms with Crippen LogP contribution in [0.2, 0.25) is 0 Å². The summed E-state index contributed by atoms with van der Waals surface area (Å²) in [6.07, 6.45) is 0.478. The number of nitrogens with two attached hydrogens (primary N) is 2. The van der Waals surface area contributed by atoms with Crippen molar-refractivity contribution in [1.82, 2.24) is 0 Å². The topological polar surface area (TPSA) is 72.4 Å². The van der Waals surface area contributed by atoms with Gasteiger partial charge in [-0.15, -0.1) is 0 Å². The van der Waals surface area contributed by atoms with Crippen LogP contribution in [0.4, 0.5) is 20.2 Å². The summed E-state index contributed by atoms with van der Waals surface area (Å²) < 4.78 is 27.5. The van der Waals surface area contributed by atoms with Crippen molar-refractivity contribution in [2.45, 2.75) is 13.3 Å². The molecule has 1 aliphatic heterocycles. The molecular formula is C12H15F2N3O. The van der Waals surface area contributed by atoms with Crippen molar-refractivity contribution in [3.05, 3.63) is 23.8 Å². The number of rotatable bonds is 2. The lowest BCUT2D eigenvalue weighted by Gasteiger charge is -2.23. The number of nitrogens with zero attached hydrogens (tertiary/aromatic N) is 1. The lowest BCUT2D eigenvalue weighted by Crippen LogP contribution is -2.37. The lowest BCUT2D eigenvalue weighted by molar-refractivity contribution is -0.125. The van der Waals surface area contributed by atoms with Crippen LogP contribution < -0.4 is 16.4 Å². The molecule has 18 heavy (non-hydrogen) atoms. The molecule has 0 spiro atoms. The number of nitrogen functional groups attached to an aromatic ring is 1. The first-order valence-corrected chi connectivity index (χ1v) is 5.63. The van der Waals surface area contributed by atoms with E-state index >= 15 is 0 Å². The van der Waals surface area contributed by atoms with Crippen LogP contribution in [0, 0.1) is 17.0 Å². The van der Waals surface area contributed by atoms with Crippen molar-refractivity contribution in [1.29, 1.82) is 0 Å². The number of amides is 1. The van der Waals surface area contributed by atoms with E-state index in [9.17, 15) is 13.6 Å². The second-order valence-electron chi connectivity index (χ2n) is 4.93. The predicted octanol–water partition coefficient (Wildman–Crippen LogP) is 1.25. The number of carbonyl (C=O) groups excluding carboxylic acids is 1. The van der Waals surface area contributed by atoms with Gasteiger partial charge in [0.15, 0.2) is 11.6 Å². The second-order valence-corrected chi connectivity index (χ2v) is 4.93. The number of hydrogen-bond donors (Lipinski definition) is 2. The summed E-state index contributed by atoms with van der Waals surface area (Å²) >= 11 is 0. The third kappa shape index (κ3) is 1.98. The molecule has 0 saturated carbocycles. The van der Waals surface area contributed by atoms with Crippen molar-refractivity contribution in [2.75, 3.05) is 23.7 Å². The zero-order chi connectivity index (χ0) is 13.5. The van der Waals surface area contributed by atoms with E-state index in [0.29, 0.717) is 13.0 Å². The molecule has 1 amide bonds. The van der Waals surface area contributed by atoms with Gasteiger partial charge >= 0.3 is 0 Å². The van der Waals surface area contributed by atoms with Crippen molar-refractivity contribution in [2.24, 2.45) is 11.1 Å². The number of benzene rings is 1. The fourth-order valence-electron chi connectivity index (χ4n) is 2.24. The minimum absolute atomic E-state index is 0.0330. The summed E-state index contributed by atoms with van der Waals surface area (Å²) in [5.41, 5.74) is 9.79. The van der Waals surface area contributed by atoms with Crippen LogP contribution in [-0.2, 0) is 4.79 Å². The standard InChI is InChI=1S/C12H15F2N3O/c1-12(11(16)18)2-3-17(6-12)10-8(13)4-7(15)5-9(10)14/h4-5H,2-3,6,15H2,1H3,(H2,16,18). The molecule has 1 aromatic carbocycles. The molecule has 1 fully saturated rings. The number of hydrogen-bond acceptors (Lipinski definition) is 3. The highest BCUT2D eigenvalue weighted by Crippen LogP contribution is 2.36. The molecule has 4 N–H and O–H groups in total. The van der Waals surface area contributed by atoms with Gasteiger partial charge in [-0.2, -0.15) is 0 Å². The predicted molar refractivity (Wildman–Crippen MR) is 64.9 cm³/mol. The van der Waals surface area contributed by atoms with Gasteiger partial charge in [0.05, 0.1) is 5.41 Å². The summed E-state index contributed by atoms with van der Waals surface area (Å²) in [6, 6.07) is 2.14. The van der Waals surface area contributed by atoms with E-state index in [0.717, 1.165) is 12.1 Å². The van der Waals surface area contributed by atoms with Crippen molar-refractivity contribution in [3.8, 4) is 0 Å². The fraction of sp³-hybridized carbons (Fsp3) is 0.417. The first kappa shape index (κ1) is 12.6. The quantitative estimate of drug-likeness (QED) is 0.781. The molecule has 4 nitrogen and oxygen atoms in total. The minimum Gasteiger partial charge on any atom is -0.399 e. The Labute approximate surface area is 104 Å². The van der Waals surface area contributed by atoms with E-state index in [1.54, 1.807) is 6.92 Å². The minimum atomic E-state index is -0.750. The summed E-state index contributed by atoms with van der Waals surface area (Å²) in [6.45, 7) is 2.29. The first-order chi connectivity index (χ1) is 8.33. The number of anilines is 2. The summed E-state index contributed by atoms with van der Waals surface area (Å²) in [5, 5.41) is 0. The van der Waals surface area contributed by atoms with Gasteiger partial charge in [-0.25, -0.2) is 8.78 Å². The van der Waals surface area contributed by atoms with Gasteiger partial charge < -0.3 is 16.4 Å². The van der Waals surface area contributed by atoms with Crippen molar-refractivity contribution >= 4 is 17.3 Å². The van der Waals surface area contributed by atoms with E-state index in [1.165, 1.54) is 4.90 Å². The molecule has 98 valence electrons. The van der Waals surface area contributed by atoms with Gasteiger partial charge in [0.1, 0.15) is 5.69 Å². The molecular weight excluding hydrogens is 240 g/mol. The summed E-state index contributed by atoms with van der Waals surface area (Å²) in [4.78, 5) is 12.8. The Morgan fingerprint density at radius 1 is 1.39 bits per heavy atom. The average Bonchev–Trinajstić information content (AvgIpc) is 2.60. The van der Waals surface area contributed by atoms with Crippen LogP contribution in [-0.4, -0.2) is 19.0 Å². The smallest absolute Gasteiger partial charge is 0.225 e. The Kier molecular flexibility index (Phi) is 2.88. The lowest BCUT2D eigenvalue weighted by atomic mass is 9.89. The van der Waals surface area contributed by atoms with Crippen LogP contribution in [0.1, 0.15) is 13.3 Å². The maximum Gasteiger partial charge on any atom is 0.225 e. The van der Waals surface area contributed by atoms with Gasteiger partial charge in [-0.1, -0.05) is 0 Å². The zero-order valence-corrected chi connectivity index (χ0v) is 10.0. The monoisotopic (exact) mass is 255 g/mol. The fourth-order valence-corrected chi connectivity index (χ4v) is 2.24. The Morgan fingerprint density at radius 2 is 1.94 bits per heavy atom. The molecule has 1 unspecified atom stereocenters. The Hall–Kier alpha value is -1.85. The van der Waals surface area contributed by atoms with Crippen LogP contribution in [0.25, 0.3) is 0 Å². The zero-order valence-electron chi connectivity index (χ0n) is 10.0. The van der Waals surface area contributed by atoms with Gasteiger partial charge in [-0.05, 0) is 25.5 Å². The molecule has 1 aliphatic rings. The highest BCUT2D eigenvalue weighted by Gasteiger charge is 2.40. The third-order valence-corrected chi connectivity index (χ3v) is 3.42. The molecule has 1 aromatic rings. The van der Waals surface area contributed by atoms with Gasteiger partial charge in [-0.3, -0.25) is 4.79 Å². The molecule has 0 radical (unpaired) electrons. The van der Waals surface area contributed by atoms with Crippen LogP contribution in [0.3, 0.4) is 0 Å². The maximum absolute atomic E-state index is 13.7. The highest BCUT2D eigenvalue weighted by atomic mass is 19.1. The molecule has 1 heterocycles. The molecule has 0 aliphatic carbocycles. The average molecular weight is 255 g/mol. The van der Waals surface area contributed by atoms with E-state index in [1.807, 2.05) is 0 Å². The van der Waals surface area contributed by atoms with E-state index < -0.39 is 23.0 Å². The second kappa shape index (κ2) is 4.12. The SMILES string of the molecule is CC1(C(N)=O)CCN(c2c(F)cc(N)cc2F)C1. The number of carbonyl (C=O) groups is 1. The number of halogens is 2. The summed E-state index contributed by atoms with van der Waals surface area (Å²) in [5.74, 6) is -1.90. The molecule has 0 aromatic heterocycles. The highest BCUT2D eigenvalue weighted by molar-refractivity contribution is 5.82. The van der Waals surface area contributed by atoms with E-state index in [-0.39, 0.29) is 17.9 Å². The molecule has 1 saturated heterocycles. The maximum atomic E-state index is 13.7. The van der Waals surface area contributed by atoms with Gasteiger partial charge in [0.2, 0.25) is 5.91 Å².